The smallest absolute Gasteiger partial charge is 0.343 e. The minimum absolute atomic E-state index is 0.157. The maximum Gasteiger partial charge on any atom is 0.343 e. The number of carbonyl (C=O) groups excluding carboxylic acids is 2. The molecule has 0 saturated heterocycles. The van der Waals surface area contributed by atoms with Crippen molar-refractivity contribution in [2.75, 3.05) is 26.9 Å². The van der Waals surface area contributed by atoms with Gasteiger partial charge in [-0.3, -0.25) is 0 Å². The monoisotopic (exact) mass is 372 g/mol. The summed E-state index contributed by atoms with van der Waals surface area (Å²) in [5.74, 6) is 0.359. The van der Waals surface area contributed by atoms with Crippen LogP contribution in [0.25, 0.3) is 0 Å². The van der Waals surface area contributed by atoms with E-state index in [9.17, 15) is 9.59 Å². The SMILES string of the molecule is COCCOC(=O)c1cccc(OC(=O)c2ccc(OCC(C)C)cc2)c1. The van der Waals surface area contributed by atoms with E-state index >= 15 is 0 Å². The lowest BCUT2D eigenvalue weighted by molar-refractivity contribution is 0.0387. The Hall–Kier alpha value is -2.86. The van der Waals surface area contributed by atoms with Crippen LogP contribution in [0.2, 0.25) is 0 Å². The Morgan fingerprint density at radius 1 is 0.889 bits per heavy atom. The van der Waals surface area contributed by atoms with E-state index in [1.54, 1.807) is 42.5 Å². The molecule has 0 aliphatic heterocycles. The van der Waals surface area contributed by atoms with Crippen molar-refractivity contribution in [1.82, 2.24) is 0 Å². The van der Waals surface area contributed by atoms with Crippen molar-refractivity contribution >= 4 is 11.9 Å². The molecule has 0 bridgehead atoms. The second-order valence-corrected chi connectivity index (χ2v) is 6.28. The van der Waals surface area contributed by atoms with Gasteiger partial charge in [-0.15, -0.1) is 0 Å². The molecule has 2 rings (SSSR count). The van der Waals surface area contributed by atoms with Gasteiger partial charge in [-0.05, 0) is 48.4 Å². The van der Waals surface area contributed by atoms with Crippen LogP contribution in [0.5, 0.6) is 11.5 Å². The van der Waals surface area contributed by atoms with Gasteiger partial charge >= 0.3 is 11.9 Å². The molecule has 0 N–H and O–H groups in total. The summed E-state index contributed by atoms with van der Waals surface area (Å²) in [5, 5.41) is 0. The highest BCUT2D eigenvalue weighted by Crippen LogP contribution is 2.18. The van der Waals surface area contributed by atoms with Gasteiger partial charge in [0.2, 0.25) is 0 Å². The van der Waals surface area contributed by atoms with Crippen LogP contribution in [-0.2, 0) is 9.47 Å². The first kappa shape index (κ1) is 20.5. The number of esters is 2. The van der Waals surface area contributed by atoms with Crippen molar-refractivity contribution in [1.29, 1.82) is 0 Å². The second-order valence-electron chi connectivity index (χ2n) is 6.28. The molecule has 0 aliphatic carbocycles. The summed E-state index contributed by atoms with van der Waals surface area (Å²) in [6, 6.07) is 13.0. The molecule has 0 fully saturated rings. The van der Waals surface area contributed by atoms with Gasteiger partial charge in [-0.25, -0.2) is 9.59 Å². The zero-order chi connectivity index (χ0) is 19.6. The van der Waals surface area contributed by atoms with Gasteiger partial charge in [-0.2, -0.15) is 0 Å². The summed E-state index contributed by atoms with van der Waals surface area (Å²) in [4.78, 5) is 24.2. The molecule has 0 amide bonds. The molecule has 0 saturated carbocycles. The number of rotatable bonds is 9. The van der Waals surface area contributed by atoms with Crippen LogP contribution in [-0.4, -0.2) is 38.9 Å². The molecule has 0 aliphatic rings. The molecule has 2 aromatic carbocycles. The zero-order valence-corrected chi connectivity index (χ0v) is 15.8. The molecule has 0 spiro atoms. The van der Waals surface area contributed by atoms with Crippen LogP contribution < -0.4 is 9.47 Å². The van der Waals surface area contributed by atoms with Crippen LogP contribution >= 0.6 is 0 Å². The van der Waals surface area contributed by atoms with E-state index in [-0.39, 0.29) is 12.4 Å². The summed E-state index contributed by atoms with van der Waals surface area (Å²) in [6.45, 7) is 5.21. The first-order valence-corrected chi connectivity index (χ1v) is 8.70. The van der Waals surface area contributed by atoms with E-state index in [1.165, 1.54) is 13.2 Å². The van der Waals surface area contributed by atoms with Crippen molar-refractivity contribution < 1.29 is 28.5 Å². The molecular formula is C21H24O6. The molecular weight excluding hydrogens is 348 g/mol. The largest absolute Gasteiger partial charge is 0.493 e. The Morgan fingerprint density at radius 3 is 2.30 bits per heavy atom. The molecule has 0 aromatic heterocycles. The minimum atomic E-state index is -0.518. The first-order chi connectivity index (χ1) is 13.0. The number of benzene rings is 2. The van der Waals surface area contributed by atoms with Crippen molar-refractivity contribution in [2.24, 2.45) is 5.92 Å². The lowest BCUT2D eigenvalue weighted by atomic mass is 10.2. The molecule has 0 unspecified atom stereocenters. The number of methoxy groups -OCH3 is 1. The average Bonchev–Trinajstić information content (AvgIpc) is 2.67. The van der Waals surface area contributed by atoms with E-state index in [4.69, 9.17) is 18.9 Å². The third-order valence-electron chi connectivity index (χ3n) is 3.47. The van der Waals surface area contributed by atoms with Crippen molar-refractivity contribution in [3.63, 3.8) is 0 Å². The number of hydrogen-bond acceptors (Lipinski definition) is 6. The average molecular weight is 372 g/mol. The summed E-state index contributed by atoms with van der Waals surface area (Å²) in [5.41, 5.74) is 0.689. The molecule has 27 heavy (non-hydrogen) atoms. The molecule has 0 atom stereocenters. The van der Waals surface area contributed by atoms with E-state index in [0.717, 1.165) is 0 Å². The van der Waals surface area contributed by atoms with Gasteiger partial charge in [0.1, 0.15) is 18.1 Å². The zero-order valence-electron chi connectivity index (χ0n) is 15.8. The van der Waals surface area contributed by atoms with Crippen molar-refractivity contribution in [2.45, 2.75) is 13.8 Å². The normalized spacial score (nSPS) is 10.5. The minimum Gasteiger partial charge on any atom is -0.493 e. The fourth-order valence-corrected chi connectivity index (χ4v) is 2.10. The van der Waals surface area contributed by atoms with Crippen LogP contribution in [0.4, 0.5) is 0 Å². The molecule has 144 valence electrons. The van der Waals surface area contributed by atoms with Crippen LogP contribution in [0.1, 0.15) is 34.6 Å². The van der Waals surface area contributed by atoms with E-state index in [1.807, 2.05) is 0 Å². The highest BCUT2D eigenvalue weighted by Gasteiger charge is 2.12. The number of ether oxygens (including phenoxy) is 4. The van der Waals surface area contributed by atoms with E-state index < -0.39 is 11.9 Å². The van der Waals surface area contributed by atoms with Crippen molar-refractivity contribution in [3.8, 4) is 11.5 Å². The molecule has 6 heteroatoms. The lowest BCUT2D eigenvalue weighted by Gasteiger charge is -2.09. The molecule has 2 aromatic rings. The maximum absolute atomic E-state index is 12.3. The predicted molar refractivity (Wildman–Crippen MR) is 100 cm³/mol. The van der Waals surface area contributed by atoms with E-state index in [0.29, 0.717) is 36.0 Å². The third kappa shape index (κ3) is 6.75. The van der Waals surface area contributed by atoms with Gasteiger partial charge in [0.05, 0.1) is 24.3 Å². The summed E-state index contributed by atoms with van der Waals surface area (Å²) in [6.07, 6.45) is 0. The van der Waals surface area contributed by atoms with Crippen molar-refractivity contribution in [3.05, 3.63) is 59.7 Å². The number of hydrogen-bond donors (Lipinski definition) is 0. The third-order valence-corrected chi connectivity index (χ3v) is 3.47. The quantitative estimate of drug-likeness (QED) is 0.379. The highest BCUT2D eigenvalue weighted by atomic mass is 16.6. The Balaban J connectivity index is 1.97. The maximum atomic E-state index is 12.3. The molecule has 6 nitrogen and oxygen atoms in total. The van der Waals surface area contributed by atoms with Crippen LogP contribution in [0.15, 0.2) is 48.5 Å². The molecule has 0 heterocycles. The van der Waals surface area contributed by atoms with Gasteiger partial charge in [-0.1, -0.05) is 19.9 Å². The first-order valence-electron chi connectivity index (χ1n) is 8.70. The lowest BCUT2D eigenvalue weighted by Crippen LogP contribution is -2.11. The second kappa shape index (κ2) is 10.3. The van der Waals surface area contributed by atoms with Crippen LogP contribution in [0.3, 0.4) is 0 Å². The molecule has 0 radical (unpaired) electrons. The Kier molecular flexibility index (Phi) is 7.82. The van der Waals surface area contributed by atoms with Gasteiger partial charge < -0.3 is 18.9 Å². The number of carbonyl (C=O) groups is 2. The summed E-state index contributed by atoms with van der Waals surface area (Å²) in [7, 11) is 1.52. The van der Waals surface area contributed by atoms with Gasteiger partial charge in [0.25, 0.3) is 0 Å². The Labute approximate surface area is 159 Å². The fourth-order valence-electron chi connectivity index (χ4n) is 2.10. The highest BCUT2D eigenvalue weighted by molar-refractivity contribution is 5.92. The Bertz CT molecular complexity index is 752. The predicted octanol–water partition coefficient (Wildman–Crippen LogP) is 3.74. The fraction of sp³-hybridized carbons (Fsp3) is 0.333. The van der Waals surface area contributed by atoms with Crippen LogP contribution in [0, 0.1) is 5.92 Å². The summed E-state index contributed by atoms with van der Waals surface area (Å²) < 4.78 is 20.8. The summed E-state index contributed by atoms with van der Waals surface area (Å²) >= 11 is 0. The topological polar surface area (TPSA) is 71.1 Å². The van der Waals surface area contributed by atoms with Gasteiger partial charge in [0, 0.05) is 7.11 Å². The standard InChI is InChI=1S/C21H24O6/c1-15(2)14-26-18-9-7-16(8-10-18)21(23)27-19-6-4-5-17(13-19)20(22)25-12-11-24-3/h4-10,13,15H,11-12,14H2,1-3H3. The Morgan fingerprint density at radius 2 is 1.63 bits per heavy atom. The van der Waals surface area contributed by atoms with Gasteiger partial charge in [0.15, 0.2) is 0 Å². The van der Waals surface area contributed by atoms with E-state index in [2.05, 4.69) is 13.8 Å².